The van der Waals surface area contributed by atoms with Crippen molar-refractivity contribution in [1.29, 1.82) is 0 Å². The second-order valence-corrected chi connectivity index (χ2v) is 6.44. The number of carbonyl (C=O) groups is 2. The van der Waals surface area contributed by atoms with Crippen LogP contribution in [0.15, 0.2) is 33.3 Å². The van der Waals surface area contributed by atoms with Crippen LogP contribution in [0.5, 0.6) is 5.75 Å². The van der Waals surface area contributed by atoms with Gasteiger partial charge < -0.3 is 19.5 Å². The molecule has 1 aromatic heterocycles. The van der Waals surface area contributed by atoms with E-state index in [0.29, 0.717) is 24.4 Å². The number of amides is 2. The van der Waals surface area contributed by atoms with Crippen molar-refractivity contribution in [1.82, 2.24) is 10.1 Å². The lowest BCUT2D eigenvalue weighted by molar-refractivity contribution is -0.133. The van der Waals surface area contributed by atoms with Gasteiger partial charge in [-0.1, -0.05) is 11.2 Å². The first-order chi connectivity index (χ1) is 11.9. The molecule has 0 atom stereocenters. The van der Waals surface area contributed by atoms with Gasteiger partial charge in [0.15, 0.2) is 5.82 Å². The van der Waals surface area contributed by atoms with Crippen LogP contribution in [0, 0.1) is 6.92 Å². The van der Waals surface area contributed by atoms with Gasteiger partial charge in [-0.05, 0) is 47.0 Å². The van der Waals surface area contributed by atoms with Gasteiger partial charge in [0, 0.05) is 19.5 Å². The molecule has 0 unspecified atom stereocenters. The van der Waals surface area contributed by atoms with Gasteiger partial charge in [-0.3, -0.25) is 9.59 Å². The van der Waals surface area contributed by atoms with E-state index < -0.39 is 0 Å². The van der Waals surface area contributed by atoms with E-state index in [1.165, 1.54) is 4.90 Å². The molecule has 0 saturated heterocycles. The maximum Gasteiger partial charge on any atom is 0.245 e. The number of anilines is 1. The topological polar surface area (TPSA) is 84.7 Å². The van der Waals surface area contributed by atoms with Crippen molar-refractivity contribution in [2.24, 2.45) is 0 Å². The largest absolute Gasteiger partial charge is 0.496 e. The molecule has 2 aromatic rings. The first-order valence-electron chi connectivity index (χ1n) is 7.68. The van der Waals surface area contributed by atoms with E-state index in [-0.39, 0.29) is 18.4 Å². The standard InChI is InChI=1S/C17H20BrN3O4/c1-11-8-15(20-25-11)19-16(22)10-21(2)17(23)7-5-12-4-6-14(24-3)13(18)9-12/h4,6,8-9H,5,7,10H2,1-3H3,(H,19,20,22). The van der Waals surface area contributed by atoms with E-state index in [1.807, 2.05) is 18.2 Å². The maximum absolute atomic E-state index is 12.2. The van der Waals surface area contributed by atoms with Crippen LogP contribution in [0.4, 0.5) is 5.82 Å². The second-order valence-electron chi connectivity index (χ2n) is 5.59. The van der Waals surface area contributed by atoms with Crippen LogP contribution in [0.3, 0.4) is 0 Å². The molecule has 134 valence electrons. The number of likely N-dealkylation sites (N-methyl/N-ethyl adjacent to an activating group) is 1. The molecule has 2 rings (SSSR count). The molecule has 2 amide bonds. The highest BCUT2D eigenvalue weighted by Gasteiger charge is 2.14. The lowest BCUT2D eigenvalue weighted by Gasteiger charge is -2.16. The first-order valence-corrected chi connectivity index (χ1v) is 8.48. The fraction of sp³-hybridized carbons (Fsp3) is 0.353. The zero-order valence-electron chi connectivity index (χ0n) is 14.3. The summed E-state index contributed by atoms with van der Waals surface area (Å²) in [7, 11) is 3.20. The molecule has 8 heteroatoms. The minimum atomic E-state index is -0.323. The summed E-state index contributed by atoms with van der Waals surface area (Å²) in [6.07, 6.45) is 0.890. The summed E-state index contributed by atoms with van der Waals surface area (Å²) >= 11 is 3.42. The number of aromatic nitrogens is 1. The summed E-state index contributed by atoms with van der Waals surface area (Å²) in [5.74, 6) is 1.25. The fourth-order valence-electron chi connectivity index (χ4n) is 2.22. The summed E-state index contributed by atoms with van der Waals surface area (Å²) < 4.78 is 10.9. The van der Waals surface area contributed by atoms with Gasteiger partial charge >= 0.3 is 0 Å². The molecule has 0 bridgehead atoms. The number of hydrogen-bond donors (Lipinski definition) is 1. The highest BCUT2D eigenvalue weighted by molar-refractivity contribution is 9.10. The average Bonchev–Trinajstić information content (AvgIpc) is 2.97. The Balaban J connectivity index is 1.81. The van der Waals surface area contributed by atoms with E-state index in [1.54, 1.807) is 27.1 Å². The Morgan fingerprint density at radius 2 is 2.12 bits per heavy atom. The number of benzene rings is 1. The normalized spacial score (nSPS) is 10.4. The molecular weight excluding hydrogens is 390 g/mol. The van der Waals surface area contributed by atoms with E-state index in [0.717, 1.165) is 15.8 Å². The number of nitrogens with one attached hydrogen (secondary N) is 1. The van der Waals surface area contributed by atoms with E-state index in [2.05, 4.69) is 26.4 Å². The Kier molecular flexibility index (Phi) is 6.58. The van der Waals surface area contributed by atoms with Crippen molar-refractivity contribution in [3.63, 3.8) is 0 Å². The number of aryl methyl sites for hydroxylation is 2. The lowest BCUT2D eigenvalue weighted by Crippen LogP contribution is -2.35. The van der Waals surface area contributed by atoms with Crippen molar-refractivity contribution < 1.29 is 18.8 Å². The monoisotopic (exact) mass is 409 g/mol. The number of methoxy groups -OCH3 is 1. The van der Waals surface area contributed by atoms with Gasteiger partial charge in [0.2, 0.25) is 11.8 Å². The van der Waals surface area contributed by atoms with Crippen LogP contribution in [0.1, 0.15) is 17.7 Å². The van der Waals surface area contributed by atoms with Crippen LogP contribution < -0.4 is 10.1 Å². The van der Waals surface area contributed by atoms with Gasteiger partial charge in [-0.2, -0.15) is 0 Å². The Morgan fingerprint density at radius 1 is 1.36 bits per heavy atom. The van der Waals surface area contributed by atoms with Crippen LogP contribution in [0.2, 0.25) is 0 Å². The van der Waals surface area contributed by atoms with Crippen LogP contribution in [-0.4, -0.2) is 42.6 Å². The van der Waals surface area contributed by atoms with Crippen LogP contribution in [0.25, 0.3) is 0 Å². The van der Waals surface area contributed by atoms with Gasteiger partial charge in [0.05, 0.1) is 18.1 Å². The SMILES string of the molecule is COc1ccc(CCC(=O)N(C)CC(=O)Nc2cc(C)on2)cc1Br. The van der Waals surface area contributed by atoms with Crippen LogP contribution >= 0.6 is 15.9 Å². The third-order valence-electron chi connectivity index (χ3n) is 3.55. The van der Waals surface area contributed by atoms with E-state index in [9.17, 15) is 9.59 Å². The predicted octanol–water partition coefficient (Wildman–Crippen LogP) is 2.78. The molecule has 0 aliphatic heterocycles. The summed E-state index contributed by atoms with van der Waals surface area (Å²) in [6, 6.07) is 7.30. The minimum absolute atomic E-state index is 0.0446. The molecule has 7 nitrogen and oxygen atoms in total. The van der Waals surface area contributed by atoms with Crippen molar-refractivity contribution in [3.8, 4) is 5.75 Å². The quantitative estimate of drug-likeness (QED) is 0.759. The summed E-state index contributed by atoms with van der Waals surface area (Å²) in [6.45, 7) is 1.69. The molecule has 0 saturated carbocycles. The van der Waals surface area contributed by atoms with Crippen molar-refractivity contribution >= 4 is 33.6 Å². The maximum atomic E-state index is 12.2. The minimum Gasteiger partial charge on any atom is -0.496 e. The van der Waals surface area contributed by atoms with E-state index in [4.69, 9.17) is 9.26 Å². The Bertz CT molecular complexity index is 760. The molecule has 0 fully saturated rings. The third-order valence-corrected chi connectivity index (χ3v) is 4.17. The number of rotatable bonds is 7. The Labute approximate surface area is 154 Å². The molecule has 0 aliphatic rings. The first kappa shape index (κ1) is 19.0. The summed E-state index contributed by atoms with van der Waals surface area (Å²) in [5, 5.41) is 6.27. The highest BCUT2D eigenvalue weighted by atomic mass is 79.9. The lowest BCUT2D eigenvalue weighted by atomic mass is 10.1. The number of halogens is 1. The number of hydrogen-bond acceptors (Lipinski definition) is 5. The Hall–Kier alpha value is -2.35. The van der Waals surface area contributed by atoms with Gasteiger partial charge in [0.1, 0.15) is 11.5 Å². The summed E-state index contributed by atoms with van der Waals surface area (Å²) in [5.41, 5.74) is 1.01. The van der Waals surface area contributed by atoms with Gasteiger partial charge in [-0.25, -0.2) is 0 Å². The molecule has 25 heavy (non-hydrogen) atoms. The molecule has 1 aromatic carbocycles. The van der Waals surface area contributed by atoms with Crippen molar-refractivity contribution in [2.45, 2.75) is 19.8 Å². The Morgan fingerprint density at radius 3 is 2.72 bits per heavy atom. The number of ether oxygens (including phenoxy) is 1. The summed E-state index contributed by atoms with van der Waals surface area (Å²) in [4.78, 5) is 25.5. The molecule has 0 spiro atoms. The van der Waals surface area contributed by atoms with Gasteiger partial charge in [0.25, 0.3) is 0 Å². The highest BCUT2D eigenvalue weighted by Crippen LogP contribution is 2.26. The van der Waals surface area contributed by atoms with E-state index >= 15 is 0 Å². The molecule has 1 heterocycles. The third kappa shape index (κ3) is 5.60. The number of nitrogens with zero attached hydrogens (tertiary/aromatic N) is 2. The molecular formula is C17H20BrN3O4. The van der Waals surface area contributed by atoms with Gasteiger partial charge in [-0.15, -0.1) is 0 Å². The number of carbonyl (C=O) groups excluding carboxylic acids is 2. The molecule has 1 N–H and O–H groups in total. The zero-order chi connectivity index (χ0) is 18.4. The average molecular weight is 410 g/mol. The fourth-order valence-corrected chi connectivity index (χ4v) is 2.81. The predicted molar refractivity (Wildman–Crippen MR) is 96.5 cm³/mol. The second kappa shape index (κ2) is 8.66. The molecule has 0 radical (unpaired) electrons. The van der Waals surface area contributed by atoms with Crippen LogP contribution in [-0.2, 0) is 16.0 Å². The van der Waals surface area contributed by atoms with Crippen molar-refractivity contribution in [3.05, 3.63) is 40.1 Å². The molecule has 0 aliphatic carbocycles. The zero-order valence-corrected chi connectivity index (χ0v) is 15.9. The smallest absolute Gasteiger partial charge is 0.245 e. The van der Waals surface area contributed by atoms with Crippen molar-refractivity contribution in [2.75, 3.05) is 26.0 Å².